The van der Waals surface area contributed by atoms with Gasteiger partial charge < -0.3 is 0 Å². The molecule has 9 aliphatic rings. The van der Waals surface area contributed by atoms with E-state index < -0.39 is 0 Å². The molecule has 9 rings (SSSR count). The minimum absolute atomic E-state index is 0.803. The largest absolute Gasteiger partial charge is 0.0917 e. The summed E-state index contributed by atoms with van der Waals surface area (Å²) < 4.78 is 0. The molecule has 0 aromatic heterocycles. The molecule has 0 saturated heterocycles. The van der Waals surface area contributed by atoms with Gasteiger partial charge in [-0.15, -0.1) is 0 Å². The number of fused-ring (bicyclic) bond motifs is 7. The molecule has 0 nitrogen and oxygen atoms in total. The second-order valence-electron chi connectivity index (χ2n) is 23.3. The van der Waals surface area contributed by atoms with E-state index in [-0.39, 0.29) is 0 Å². The molecule has 24 atom stereocenters. The molecule has 0 aromatic carbocycles. The number of hydrogen-bond acceptors (Lipinski definition) is 0. The molecule has 2 bridgehead atoms. The highest BCUT2D eigenvalue weighted by Gasteiger charge is 2.59. The van der Waals surface area contributed by atoms with Gasteiger partial charge in [0.15, 0.2) is 0 Å². The summed E-state index contributed by atoms with van der Waals surface area (Å²) >= 11 is 0. The quantitative estimate of drug-likeness (QED) is 0.215. The van der Waals surface area contributed by atoms with Crippen LogP contribution in [-0.4, -0.2) is 0 Å². The second-order valence-corrected chi connectivity index (χ2v) is 23.3. The van der Waals surface area contributed by atoms with Crippen LogP contribution in [-0.2, 0) is 0 Å². The summed E-state index contributed by atoms with van der Waals surface area (Å²) in [5, 5.41) is 0. The Labute approximate surface area is 360 Å². The van der Waals surface area contributed by atoms with E-state index in [0.717, 1.165) is 142 Å². The highest BCUT2D eigenvalue weighted by Crippen LogP contribution is 2.66. The van der Waals surface area contributed by atoms with E-state index >= 15 is 0 Å². The molecule has 0 aromatic rings. The molecule has 6 fully saturated rings. The Kier molecular flexibility index (Phi) is 14.8. The summed E-state index contributed by atoms with van der Waals surface area (Å²) in [7, 11) is 0. The van der Waals surface area contributed by atoms with Crippen molar-refractivity contribution in [1.82, 2.24) is 0 Å². The number of rotatable bonds is 8. The van der Waals surface area contributed by atoms with E-state index in [9.17, 15) is 0 Å². The first-order valence-corrected chi connectivity index (χ1v) is 25.8. The van der Waals surface area contributed by atoms with Crippen LogP contribution in [0.5, 0.6) is 0 Å². The van der Waals surface area contributed by atoms with Crippen molar-refractivity contribution in [3.63, 3.8) is 0 Å². The van der Waals surface area contributed by atoms with Gasteiger partial charge in [0, 0.05) is 0 Å². The van der Waals surface area contributed by atoms with Crippen LogP contribution in [0.2, 0.25) is 0 Å². The molecule has 0 aliphatic heterocycles. The van der Waals surface area contributed by atoms with Crippen molar-refractivity contribution in [3.8, 4) is 0 Å². The van der Waals surface area contributed by atoms with E-state index in [1.807, 2.05) is 0 Å². The normalized spacial score (nSPS) is 52.3. The van der Waals surface area contributed by atoms with Crippen LogP contribution in [0.4, 0.5) is 0 Å². The molecule has 0 heteroatoms. The average molecular weight is 789 g/mol. The van der Waals surface area contributed by atoms with Crippen LogP contribution in [0.25, 0.3) is 0 Å². The fourth-order valence-electron chi connectivity index (χ4n) is 17.1. The van der Waals surface area contributed by atoms with Crippen LogP contribution in [0, 0.1) is 142 Å². The Balaban J connectivity index is 0.000000135. The van der Waals surface area contributed by atoms with Crippen molar-refractivity contribution in [3.05, 3.63) is 72.9 Å². The van der Waals surface area contributed by atoms with Crippen molar-refractivity contribution in [2.24, 2.45) is 142 Å². The van der Waals surface area contributed by atoms with Gasteiger partial charge in [-0.25, -0.2) is 0 Å². The Morgan fingerprint density at radius 1 is 0.379 bits per heavy atom. The molecule has 324 valence electrons. The van der Waals surface area contributed by atoms with Gasteiger partial charge >= 0.3 is 0 Å². The molecular formula is C58H92. The molecular weight excluding hydrogens is 697 g/mol. The van der Waals surface area contributed by atoms with Gasteiger partial charge in [0.1, 0.15) is 0 Å². The topological polar surface area (TPSA) is 0 Å². The van der Waals surface area contributed by atoms with Crippen molar-refractivity contribution in [2.45, 2.75) is 147 Å². The van der Waals surface area contributed by atoms with Crippen LogP contribution in [0.15, 0.2) is 72.9 Å². The lowest BCUT2D eigenvalue weighted by atomic mass is 9.68. The van der Waals surface area contributed by atoms with Crippen LogP contribution >= 0.6 is 0 Å². The molecule has 24 unspecified atom stereocenters. The van der Waals surface area contributed by atoms with Gasteiger partial charge in [-0.3, -0.25) is 0 Å². The van der Waals surface area contributed by atoms with Gasteiger partial charge in [-0.1, -0.05) is 135 Å². The zero-order valence-corrected chi connectivity index (χ0v) is 39.9. The van der Waals surface area contributed by atoms with Gasteiger partial charge in [0.05, 0.1) is 0 Å². The third-order valence-corrected chi connectivity index (χ3v) is 20.0. The van der Waals surface area contributed by atoms with E-state index in [4.69, 9.17) is 0 Å². The SMILES string of the molecule is C/C=C\C1CC(C)C2C1CC1C3C=CC(C3)C12.C/C=C\CC1CC(C)C(C)C1C1C=CC(C)C1.C/C=C\CC1CC(C)C(C)C1C1CC(C)C(C)C1C1C=CC(C)C1. The molecule has 0 N–H and O–H groups in total. The maximum absolute atomic E-state index is 2.60. The summed E-state index contributed by atoms with van der Waals surface area (Å²) in [6, 6.07) is 0. The smallest absolute Gasteiger partial charge is 0.0194 e. The summed E-state index contributed by atoms with van der Waals surface area (Å²) in [4.78, 5) is 0. The zero-order chi connectivity index (χ0) is 41.4. The van der Waals surface area contributed by atoms with Gasteiger partial charge in [0.25, 0.3) is 0 Å². The first-order valence-electron chi connectivity index (χ1n) is 25.8. The monoisotopic (exact) mass is 789 g/mol. The average Bonchev–Trinajstić information content (AvgIpc) is 4.07. The lowest BCUT2D eigenvalue weighted by Crippen LogP contribution is -2.32. The molecule has 9 aliphatic carbocycles. The van der Waals surface area contributed by atoms with Crippen molar-refractivity contribution in [2.75, 3.05) is 0 Å². The summed E-state index contributed by atoms with van der Waals surface area (Å²) in [5.74, 6) is 22.5. The van der Waals surface area contributed by atoms with Crippen LogP contribution in [0.1, 0.15) is 147 Å². The summed E-state index contributed by atoms with van der Waals surface area (Å²) in [5.41, 5.74) is 0. The highest BCUT2D eigenvalue weighted by molar-refractivity contribution is 5.20. The summed E-state index contributed by atoms with van der Waals surface area (Å²) in [6.45, 7) is 28.9. The maximum Gasteiger partial charge on any atom is -0.0194 e. The number of hydrogen-bond donors (Lipinski definition) is 0. The van der Waals surface area contributed by atoms with Crippen molar-refractivity contribution in [1.29, 1.82) is 0 Å². The third kappa shape index (κ3) is 8.86. The lowest BCUT2D eigenvalue weighted by Gasteiger charge is -2.37. The lowest BCUT2D eigenvalue weighted by molar-refractivity contribution is 0.121. The van der Waals surface area contributed by atoms with Gasteiger partial charge in [-0.2, -0.15) is 0 Å². The highest BCUT2D eigenvalue weighted by atomic mass is 14.6. The first-order chi connectivity index (χ1) is 27.9. The van der Waals surface area contributed by atoms with Gasteiger partial charge in [0.2, 0.25) is 0 Å². The molecule has 6 saturated carbocycles. The number of allylic oxidation sites excluding steroid dienone is 12. The zero-order valence-electron chi connectivity index (χ0n) is 39.9. The Hall–Kier alpha value is -1.56. The van der Waals surface area contributed by atoms with E-state index in [1.165, 1.54) is 57.8 Å². The van der Waals surface area contributed by atoms with E-state index in [2.05, 4.69) is 156 Å². The predicted octanol–water partition coefficient (Wildman–Crippen LogP) is 16.3. The molecule has 0 spiro atoms. The molecule has 58 heavy (non-hydrogen) atoms. The predicted molar refractivity (Wildman–Crippen MR) is 253 cm³/mol. The summed E-state index contributed by atoms with van der Waals surface area (Å²) in [6.07, 6.45) is 43.6. The van der Waals surface area contributed by atoms with E-state index in [1.54, 1.807) is 6.42 Å². The van der Waals surface area contributed by atoms with E-state index in [0.29, 0.717) is 0 Å². The Morgan fingerprint density at radius 3 is 1.45 bits per heavy atom. The van der Waals surface area contributed by atoms with Crippen molar-refractivity contribution >= 4 is 0 Å². The van der Waals surface area contributed by atoms with Gasteiger partial charge in [-0.05, 0) is 227 Å². The Bertz CT molecular complexity index is 1500. The standard InChI is InChI=1S/C24H40.C17H24.C17H28/c1-7-8-9-20-13-16(3)18(5)23(20)22-14-17(4)19(6)24(22)21-11-10-15(2)12-21;1-3-4-11-7-10(2)16-14(11)9-15-12-5-6-13(8-12)17(15)16;1-5-6-7-15-11-13(3)14(4)17(15)16-9-8-12(2)10-16/h7-8,10-11,15-24H,9,12-14H2,1-6H3;3-6,10-17H,7-9H2,1-2H3;5-6,8-9,12-17H,7,10-11H2,1-4H3/b8-7-;4-3-;6-5-. The second kappa shape index (κ2) is 19.2. The molecule has 0 amide bonds. The Morgan fingerprint density at radius 2 is 0.879 bits per heavy atom. The fourth-order valence-corrected chi connectivity index (χ4v) is 17.1. The fraction of sp³-hybridized carbons (Fsp3) is 0.793. The van der Waals surface area contributed by atoms with Crippen LogP contribution < -0.4 is 0 Å². The molecule has 0 radical (unpaired) electrons. The minimum atomic E-state index is 0.803. The van der Waals surface area contributed by atoms with Crippen molar-refractivity contribution < 1.29 is 0 Å². The molecule has 0 heterocycles. The maximum atomic E-state index is 2.60. The van der Waals surface area contributed by atoms with Crippen LogP contribution in [0.3, 0.4) is 0 Å². The third-order valence-electron chi connectivity index (χ3n) is 20.0. The minimum Gasteiger partial charge on any atom is -0.0917 e. The first kappa shape index (κ1) is 44.5.